The van der Waals surface area contributed by atoms with Crippen LogP contribution in [0.25, 0.3) is 0 Å². The highest BCUT2D eigenvalue weighted by Crippen LogP contribution is 2.22. The molecule has 0 radical (unpaired) electrons. The molecule has 4 heteroatoms. The van der Waals surface area contributed by atoms with Crippen LogP contribution in [0.5, 0.6) is 0 Å². The first-order chi connectivity index (χ1) is 12.2. The van der Waals surface area contributed by atoms with Crippen LogP contribution in [0.4, 0.5) is 5.69 Å². The zero-order chi connectivity index (χ0) is 17.6. The highest BCUT2D eigenvalue weighted by atomic mass is 16.1. The summed E-state index contributed by atoms with van der Waals surface area (Å²) in [5.41, 5.74) is 3.29. The topological polar surface area (TPSA) is 56.1 Å². The van der Waals surface area contributed by atoms with Gasteiger partial charge in [-0.25, -0.2) is 0 Å². The van der Waals surface area contributed by atoms with E-state index >= 15 is 0 Å². The molecule has 1 aliphatic rings. The maximum atomic E-state index is 11.6. The summed E-state index contributed by atoms with van der Waals surface area (Å²) in [4.78, 5) is 14.1. The molecule has 0 aliphatic carbocycles. The minimum atomic E-state index is 0.0131. The summed E-state index contributed by atoms with van der Waals surface area (Å²) in [6, 6.07) is 18.4. The average molecular weight is 333 g/mol. The van der Waals surface area contributed by atoms with Crippen LogP contribution in [0.1, 0.15) is 41.3 Å². The summed E-state index contributed by atoms with van der Waals surface area (Å²) in [7, 11) is 0. The number of likely N-dealkylation sites (tertiary alicyclic amines) is 1. The number of nitrogens with one attached hydrogen (secondary N) is 1. The molecule has 25 heavy (non-hydrogen) atoms. The van der Waals surface area contributed by atoms with Crippen molar-refractivity contribution < 1.29 is 4.79 Å². The van der Waals surface area contributed by atoms with E-state index in [0.29, 0.717) is 17.2 Å². The summed E-state index contributed by atoms with van der Waals surface area (Å²) in [5.74, 6) is 0.0131. The van der Waals surface area contributed by atoms with E-state index in [1.807, 2.05) is 6.07 Å². The molecule has 0 spiro atoms. The molecule has 2 aromatic carbocycles. The molecule has 0 amide bonds. The lowest BCUT2D eigenvalue weighted by atomic mass is 10.1. The van der Waals surface area contributed by atoms with E-state index in [1.165, 1.54) is 12.0 Å². The van der Waals surface area contributed by atoms with Gasteiger partial charge in [-0.3, -0.25) is 9.69 Å². The Morgan fingerprint density at radius 3 is 2.80 bits per heavy atom. The van der Waals surface area contributed by atoms with Crippen LogP contribution in [0, 0.1) is 11.3 Å². The Bertz CT molecular complexity index is 779. The van der Waals surface area contributed by atoms with Gasteiger partial charge in [-0.1, -0.05) is 30.3 Å². The van der Waals surface area contributed by atoms with Gasteiger partial charge in [-0.15, -0.1) is 0 Å². The molecule has 1 atom stereocenters. The Morgan fingerprint density at radius 2 is 2.08 bits per heavy atom. The molecule has 2 aromatic rings. The lowest BCUT2D eigenvalue weighted by Gasteiger charge is -2.25. The van der Waals surface area contributed by atoms with Crippen LogP contribution in [0.15, 0.2) is 48.5 Å². The number of carbonyl (C=O) groups excluding carboxylic acids is 1. The van der Waals surface area contributed by atoms with E-state index in [2.05, 4.69) is 40.6 Å². The van der Waals surface area contributed by atoms with E-state index in [4.69, 9.17) is 0 Å². The molecule has 0 bridgehead atoms. The van der Waals surface area contributed by atoms with E-state index < -0.39 is 0 Å². The first-order valence-corrected chi connectivity index (χ1v) is 8.74. The molecular weight excluding hydrogens is 310 g/mol. The standard InChI is InChI=1S/C21H23N3O/c1-16(25)18-9-10-19(13-22)21(12-18)23-14-20-8-5-11-24(20)15-17-6-3-2-4-7-17/h2-4,6-7,9-10,12,20,23H,5,8,11,14-15H2,1H3. The molecule has 3 rings (SSSR count). The fraction of sp³-hybridized carbons (Fsp3) is 0.333. The summed E-state index contributed by atoms with van der Waals surface area (Å²) in [5, 5.41) is 12.7. The van der Waals surface area contributed by atoms with Crippen molar-refractivity contribution in [3.63, 3.8) is 0 Å². The van der Waals surface area contributed by atoms with Gasteiger partial charge < -0.3 is 5.32 Å². The van der Waals surface area contributed by atoms with Crippen LogP contribution in [0.3, 0.4) is 0 Å². The van der Waals surface area contributed by atoms with Crippen LogP contribution >= 0.6 is 0 Å². The van der Waals surface area contributed by atoms with Crippen molar-refractivity contribution in [2.24, 2.45) is 0 Å². The number of carbonyl (C=O) groups is 1. The number of hydrogen-bond donors (Lipinski definition) is 1. The highest BCUT2D eigenvalue weighted by molar-refractivity contribution is 5.95. The minimum Gasteiger partial charge on any atom is -0.382 e. The largest absolute Gasteiger partial charge is 0.382 e. The number of hydrogen-bond acceptors (Lipinski definition) is 4. The number of Topliss-reactive ketones (excluding diaryl/α,β-unsaturated/α-hetero) is 1. The summed E-state index contributed by atoms with van der Waals surface area (Å²) < 4.78 is 0. The molecular formula is C21H23N3O. The lowest BCUT2D eigenvalue weighted by molar-refractivity contribution is 0.101. The Hall–Kier alpha value is -2.64. The average Bonchev–Trinajstić information content (AvgIpc) is 3.07. The number of benzene rings is 2. The van der Waals surface area contributed by atoms with Crippen molar-refractivity contribution in [1.82, 2.24) is 4.90 Å². The van der Waals surface area contributed by atoms with Crippen molar-refractivity contribution >= 4 is 11.5 Å². The van der Waals surface area contributed by atoms with Gasteiger partial charge >= 0.3 is 0 Å². The fourth-order valence-corrected chi connectivity index (χ4v) is 3.39. The summed E-state index contributed by atoms with van der Waals surface area (Å²) >= 11 is 0. The minimum absolute atomic E-state index is 0.0131. The van der Waals surface area contributed by atoms with Crippen LogP contribution in [0.2, 0.25) is 0 Å². The fourth-order valence-electron chi connectivity index (χ4n) is 3.39. The van der Waals surface area contributed by atoms with Crippen molar-refractivity contribution in [3.05, 3.63) is 65.2 Å². The van der Waals surface area contributed by atoms with E-state index in [-0.39, 0.29) is 5.78 Å². The van der Waals surface area contributed by atoms with Gasteiger partial charge in [0.05, 0.1) is 11.3 Å². The third kappa shape index (κ3) is 4.26. The van der Waals surface area contributed by atoms with Crippen LogP contribution < -0.4 is 5.32 Å². The smallest absolute Gasteiger partial charge is 0.159 e. The maximum absolute atomic E-state index is 11.6. The molecule has 1 saturated heterocycles. The van der Waals surface area contributed by atoms with Gasteiger partial charge in [0.2, 0.25) is 0 Å². The van der Waals surface area contributed by atoms with Gasteiger partial charge in [-0.05, 0) is 50.1 Å². The van der Waals surface area contributed by atoms with Gasteiger partial charge in [-0.2, -0.15) is 5.26 Å². The second-order valence-corrected chi connectivity index (χ2v) is 6.56. The highest BCUT2D eigenvalue weighted by Gasteiger charge is 2.24. The number of anilines is 1. The normalized spacial score (nSPS) is 17.2. The van der Waals surface area contributed by atoms with Gasteiger partial charge in [0, 0.05) is 24.7 Å². The third-order valence-electron chi connectivity index (χ3n) is 4.80. The molecule has 4 nitrogen and oxygen atoms in total. The number of rotatable bonds is 6. The van der Waals surface area contributed by atoms with Crippen LogP contribution in [-0.4, -0.2) is 29.8 Å². The summed E-state index contributed by atoms with van der Waals surface area (Å²) in [6.07, 6.45) is 2.34. The number of nitriles is 1. The number of ketones is 1. The van der Waals surface area contributed by atoms with Gasteiger partial charge in [0.1, 0.15) is 6.07 Å². The Kier molecular flexibility index (Phi) is 5.47. The molecule has 1 aliphatic heterocycles. The molecule has 128 valence electrons. The Morgan fingerprint density at radius 1 is 1.28 bits per heavy atom. The van der Waals surface area contributed by atoms with Crippen molar-refractivity contribution in [2.45, 2.75) is 32.4 Å². The first-order valence-electron chi connectivity index (χ1n) is 8.74. The van der Waals surface area contributed by atoms with Crippen molar-refractivity contribution in [3.8, 4) is 6.07 Å². The maximum Gasteiger partial charge on any atom is 0.159 e. The molecule has 0 saturated carbocycles. The van der Waals surface area contributed by atoms with Gasteiger partial charge in [0.25, 0.3) is 0 Å². The van der Waals surface area contributed by atoms with Crippen molar-refractivity contribution in [1.29, 1.82) is 5.26 Å². The Balaban J connectivity index is 1.67. The van der Waals surface area contributed by atoms with E-state index in [1.54, 1.807) is 25.1 Å². The van der Waals surface area contributed by atoms with Gasteiger partial charge in [0.15, 0.2) is 5.78 Å². The second kappa shape index (κ2) is 7.96. The number of nitrogens with zero attached hydrogens (tertiary/aromatic N) is 2. The predicted octanol–water partition coefficient (Wildman–Crippen LogP) is 3.84. The first kappa shape index (κ1) is 17.2. The third-order valence-corrected chi connectivity index (χ3v) is 4.80. The zero-order valence-electron chi connectivity index (χ0n) is 14.5. The Labute approximate surface area is 149 Å². The molecule has 1 heterocycles. The van der Waals surface area contributed by atoms with E-state index in [0.717, 1.165) is 31.7 Å². The molecule has 1 N–H and O–H groups in total. The predicted molar refractivity (Wildman–Crippen MR) is 99.5 cm³/mol. The lowest BCUT2D eigenvalue weighted by Crippen LogP contribution is -2.34. The monoisotopic (exact) mass is 333 g/mol. The molecule has 1 fully saturated rings. The van der Waals surface area contributed by atoms with Crippen LogP contribution in [-0.2, 0) is 6.54 Å². The van der Waals surface area contributed by atoms with E-state index in [9.17, 15) is 10.1 Å². The van der Waals surface area contributed by atoms with Crippen molar-refractivity contribution in [2.75, 3.05) is 18.4 Å². The quantitative estimate of drug-likeness (QED) is 0.816. The molecule has 0 aromatic heterocycles. The molecule has 1 unspecified atom stereocenters. The SMILES string of the molecule is CC(=O)c1ccc(C#N)c(NCC2CCCN2Cc2ccccc2)c1. The second-order valence-electron chi connectivity index (χ2n) is 6.56. The summed E-state index contributed by atoms with van der Waals surface area (Å²) in [6.45, 7) is 4.37. The zero-order valence-corrected chi connectivity index (χ0v) is 14.5.